The second-order valence-electron chi connectivity index (χ2n) is 8.66. The summed E-state index contributed by atoms with van der Waals surface area (Å²) in [5.41, 5.74) is 4.09. The molecule has 0 radical (unpaired) electrons. The Hall–Kier alpha value is -2.95. The number of aromatic nitrogens is 1. The average molecular weight is 436 g/mol. The third-order valence-corrected chi connectivity index (χ3v) is 5.88. The normalized spacial score (nSPS) is 15.4. The molecule has 7 heteroatoms. The lowest BCUT2D eigenvalue weighted by Gasteiger charge is -2.35. The number of benzene rings is 1. The van der Waals surface area contributed by atoms with Gasteiger partial charge in [0, 0.05) is 56.4 Å². The van der Waals surface area contributed by atoms with E-state index in [4.69, 9.17) is 10.4 Å². The third-order valence-electron chi connectivity index (χ3n) is 5.88. The third kappa shape index (κ3) is 6.28. The molecule has 0 aliphatic carbocycles. The van der Waals surface area contributed by atoms with E-state index in [2.05, 4.69) is 58.2 Å². The van der Waals surface area contributed by atoms with E-state index in [-0.39, 0.29) is 25.0 Å². The monoisotopic (exact) mass is 435 g/mol. The summed E-state index contributed by atoms with van der Waals surface area (Å²) < 4.78 is 0. The first-order valence-electron chi connectivity index (χ1n) is 11.3. The zero-order chi connectivity index (χ0) is 22.9. The van der Waals surface area contributed by atoms with Crippen molar-refractivity contribution in [1.29, 1.82) is 5.26 Å². The summed E-state index contributed by atoms with van der Waals surface area (Å²) in [7, 11) is 0. The number of nitrogens with one attached hydrogen (secondary N) is 1. The van der Waals surface area contributed by atoms with Crippen LogP contribution in [0.2, 0.25) is 0 Å². The van der Waals surface area contributed by atoms with Gasteiger partial charge in [0.15, 0.2) is 0 Å². The van der Waals surface area contributed by atoms with Crippen LogP contribution in [0.25, 0.3) is 11.1 Å². The van der Waals surface area contributed by atoms with Crippen molar-refractivity contribution in [2.75, 3.05) is 50.8 Å². The molecule has 2 heterocycles. The zero-order valence-electron chi connectivity index (χ0n) is 19.0. The van der Waals surface area contributed by atoms with Crippen LogP contribution in [0, 0.1) is 17.2 Å². The number of pyridine rings is 1. The number of nitriles is 1. The molecule has 0 saturated carbocycles. The Labute approximate surface area is 190 Å². The standard InChI is InChI=1S/C25H33N5O2/c1-19(2)15-24(25(32)28-8-7-26)22-16-21(17-27-18-22)20-3-5-23(6-4-20)30-11-9-29(10-12-30)13-14-31/h3-6,16-19,24,31H,8-15H2,1-2H3,(H,28,32). The lowest BCUT2D eigenvalue weighted by molar-refractivity contribution is -0.122. The van der Waals surface area contributed by atoms with Crippen molar-refractivity contribution in [2.24, 2.45) is 5.92 Å². The fourth-order valence-electron chi connectivity index (χ4n) is 4.16. The predicted molar refractivity (Wildman–Crippen MR) is 126 cm³/mol. The SMILES string of the molecule is CC(C)CC(C(=O)NCC#N)c1cncc(-c2ccc(N3CCN(CCO)CC3)cc2)c1. The highest BCUT2D eigenvalue weighted by Crippen LogP contribution is 2.29. The minimum atomic E-state index is -0.328. The van der Waals surface area contributed by atoms with Crippen LogP contribution in [-0.4, -0.2) is 66.8 Å². The Morgan fingerprint density at radius 1 is 1.16 bits per heavy atom. The molecule has 1 atom stereocenters. The second kappa shape index (κ2) is 11.6. The molecule has 1 aromatic carbocycles. The number of hydrogen-bond acceptors (Lipinski definition) is 6. The molecule has 1 fully saturated rings. The van der Waals surface area contributed by atoms with Crippen LogP contribution >= 0.6 is 0 Å². The predicted octanol–water partition coefficient (Wildman–Crippen LogP) is 2.63. The maximum Gasteiger partial charge on any atom is 0.228 e. The molecule has 0 spiro atoms. The molecular weight excluding hydrogens is 402 g/mol. The van der Waals surface area contributed by atoms with Gasteiger partial charge in [-0.1, -0.05) is 26.0 Å². The Morgan fingerprint density at radius 2 is 1.88 bits per heavy atom. The van der Waals surface area contributed by atoms with Crippen LogP contribution < -0.4 is 10.2 Å². The quantitative estimate of drug-likeness (QED) is 0.589. The Balaban J connectivity index is 1.74. The van der Waals surface area contributed by atoms with Crippen molar-refractivity contribution in [3.8, 4) is 17.2 Å². The van der Waals surface area contributed by atoms with Crippen molar-refractivity contribution in [1.82, 2.24) is 15.2 Å². The van der Waals surface area contributed by atoms with Crippen LogP contribution in [0.15, 0.2) is 42.7 Å². The van der Waals surface area contributed by atoms with E-state index in [1.165, 1.54) is 5.69 Å². The van der Waals surface area contributed by atoms with E-state index >= 15 is 0 Å². The number of rotatable bonds is 9. The van der Waals surface area contributed by atoms with Gasteiger partial charge in [-0.05, 0) is 41.7 Å². The summed E-state index contributed by atoms with van der Waals surface area (Å²) in [5, 5.41) is 20.6. The second-order valence-corrected chi connectivity index (χ2v) is 8.66. The first-order valence-corrected chi connectivity index (χ1v) is 11.3. The highest BCUT2D eigenvalue weighted by atomic mass is 16.3. The molecule has 7 nitrogen and oxygen atoms in total. The van der Waals surface area contributed by atoms with E-state index in [1.807, 2.05) is 18.3 Å². The number of hydrogen-bond donors (Lipinski definition) is 2. The first-order chi connectivity index (χ1) is 15.5. The molecule has 1 saturated heterocycles. The van der Waals surface area contributed by atoms with Gasteiger partial charge < -0.3 is 15.3 Å². The number of aliphatic hydroxyl groups is 1. The number of aliphatic hydroxyl groups excluding tert-OH is 1. The first kappa shape index (κ1) is 23.7. The van der Waals surface area contributed by atoms with Gasteiger partial charge in [0.05, 0.1) is 18.6 Å². The average Bonchev–Trinajstić information content (AvgIpc) is 2.82. The minimum Gasteiger partial charge on any atom is -0.395 e. The zero-order valence-corrected chi connectivity index (χ0v) is 19.0. The number of anilines is 1. The summed E-state index contributed by atoms with van der Waals surface area (Å²) in [4.78, 5) is 21.7. The summed E-state index contributed by atoms with van der Waals surface area (Å²) in [6.45, 7) is 8.95. The van der Waals surface area contributed by atoms with Gasteiger partial charge in [0.1, 0.15) is 6.54 Å². The number of piperazine rings is 1. The number of carbonyl (C=O) groups is 1. The van der Waals surface area contributed by atoms with Gasteiger partial charge in [-0.15, -0.1) is 0 Å². The molecule has 1 aliphatic rings. The topological polar surface area (TPSA) is 92.5 Å². The van der Waals surface area contributed by atoms with Crippen LogP contribution in [0.4, 0.5) is 5.69 Å². The smallest absolute Gasteiger partial charge is 0.228 e. The molecular formula is C25H33N5O2. The number of nitrogens with zero attached hydrogens (tertiary/aromatic N) is 4. The van der Waals surface area contributed by atoms with Crippen molar-refractivity contribution >= 4 is 11.6 Å². The van der Waals surface area contributed by atoms with Crippen molar-refractivity contribution in [3.63, 3.8) is 0 Å². The van der Waals surface area contributed by atoms with Gasteiger partial charge in [-0.25, -0.2) is 0 Å². The minimum absolute atomic E-state index is 0.0102. The van der Waals surface area contributed by atoms with Crippen molar-refractivity contribution < 1.29 is 9.90 Å². The van der Waals surface area contributed by atoms with Gasteiger partial charge in [-0.3, -0.25) is 14.7 Å². The van der Waals surface area contributed by atoms with E-state index in [9.17, 15) is 4.79 Å². The van der Waals surface area contributed by atoms with Gasteiger partial charge >= 0.3 is 0 Å². The van der Waals surface area contributed by atoms with Gasteiger partial charge in [-0.2, -0.15) is 5.26 Å². The number of amides is 1. The Morgan fingerprint density at radius 3 is 2.50 bits per heavy atom. The molecule has 2 aromatic rings. The highest BCUT2D eigenvalue weighted by Gasteiger charge is 2.22. The molecule has 2 N–H and O–H groups in total. The molecule has 1 unspecified atom stereocenters. The molecule has 170 valence electrons. The molecule has 1 aliphatic heterocycles. The lowest BCUT2D eigenvalue weighted by Crippen LogP contribution is -2.47. The molecule has 32 heavy (non-hydrogen) atoms. The maximum absolute atomic E-state index is 12.7. The lowest BCUT2D eigenvalue weighted by atomic mass is 9.89. The number of carbonyl (C=O) groups excluding carboxylic acids is 1. The van der Waals surface area contributed by atoms with Gasteiger partial charge in [0.2, 0.25) is 5.91 Å². The van der Waals surface area contributed by atoms with Crippen LogP contribution in [0.3, 0.4) is 0 Å². The van der Waals surface area contributed by atoms with E-state index in [1.54, 1.807) is 6.20 Å². The van der Waals surface area contributed by atoms with E-state index in [0.29, 0.717) is 12.3 Å². The van der Waals surface area contributed by atoms with Crippen LogP contribution in [0.5, 0.6) is 0 Å². The molecule has 0 bridgehead atoms. The fourth-order valence-corrected chi connectivity index (χ4v) is 4.16. The number of β-amino-alcohol motifs (C(OH)–C–C–N with tert-alkyl or cyclic N) is 1. The largest absolute Gasteiger partial charge is 0.395 e. The van der Waals surface area contributed by atoms with Crippen molar-refractivity contribution in [2.45, 2.75) is 26.2 Å². The fraction of sp³-hybridized carbons (Fsp3) is 0.480. The Kier molecular flexibility index (Phi) is 8.60. The highest BCUT2D eigenvalue weighted by molar-refractivity contribution is 5.84. The summed E-state index contributed by atoms with van der Waals surface area (Å²) >= 11 is 0. The molecule has 3 rings (SSSR count). The van der Waals surface area contributed by atoms with E-state index in [0.717, 1.165) is 49.4 Å². The maximum atomic E-state index is 12.7. The van der Waals surface area contributed by atoms with Crippen molar-refractivity contribution in [3.05, 3.63) is 48.3 Å². The Bertz CT molecular complexity index is 915. The van der Waals surface area contributed by atoms with E-state index < -0.39 is 0 Å². The molecule has 1 amide bonds. The summed E-state index contributed by atoms with van der Waals surface area (Å²) in [5.74, 6) is -0.117. The van der Waals surface area contributed by atoms with Crippen LogP contribution in [0.1, 0.15) is 31.7 Å². The molecule has 1 aromatic heterocycles. The summed E-state index contributed by atoms with van der Waals surface area (Å²) in [6, 6.07) is 12.5. The van der Waals surface area contributed by atoms with Gasteiger partial charge in [0.25, 0.3) is 0 Å². The summed E-state index contributed by atoms with van der Waals surface area (Å²) in [6.07, 6.45) is 4.28. The van der Waals surface area contributed by atoms with Crippen LogP contribution in [-0.2, 0) is 4.79 Å².